The van der Waals surface area contributed by atoms with Crippen LogP contribution in [0.1, 0.15) is 33.7 Å². The Morgan fingerprint density at radius 2 is 2.11 bits per heavy atom. The van der Waals surface area contributed by atoms with Gasteiger partial charge in [-0.2, -0.15) is 0 Å². The van der Waals surface area contributed by atoms with Crippen LogP contribution in [0.5, 0.6) is 0 Å². The third-order valence-electron chi connectivity index (χ3n) is 3.61. The van der Waals surface area contributed by atoms with Gasteiger partial charge >= 0.3 is 5.97 Å². The van der Waals surface area contributed by atoms with E-state index < -0.39 is 5.97 Å². The molecule has 104 valence electrons. The van der Waals surface area contributed by atoms with Gasteiger partial charge in [0.2, 0.25) is 0 Å². The Morgan fingerprint density at radius 1 is 1.42 bits per heavy atom. The zero-order valence-electron chi connectivity index (χ0n) is 11.3. The first-order valence-electron chi connectivity index (χ1n) is 6.36. The number of likely N-dealkylation sites (tertiary alicyclic amines) is 1. The van der Waals surface area contributed by atoms with Crippen LogP contribution in [0.25, 0.3) is 0 Å². The van der Waals surface area contributed by atoms with Gasteiger partial charge < -0.3 is 10.0 Å². The Morgan fingerprint density at radius 3 is 2.58 bits per heavy atom. The number of carboxylic acids is 1. The first kappa shape index (κ1) is 14.0. The molecule has 0 bridgehead atoms. The fourth-order valence-electron chi connectivity index (χ4n) is 2.57. The maximum Gasteiger partial charge on any atom is 0.306 e. The highest BCUT2D eigenvalue weighted by atomic mass is 32.1. The molecule has 2 unspecified atom stereocenters. The van der Waals surface area contributed by atoms with E-state index in [-0.39, 0.29) is 17.7 Å². The lowest BCUT2D eigenvalue weighted by Gasteiger charge is -2.34. The van der Waals surface area contributed by atoms with E-state index in [1.165, 1.54) is 11.3 Å². The standard InChI is InChI=1S/C13H18N2O3S/c1-7-6-15(5-4-10(7)13(17)18)12(16)11-8(2)14-9(3)19-11/h7,10H,4-6H2,1-3H3,(H,17,18). The number of hydrogen-bond donors (Lipinski definition) is 1. The normalized spacial score (nSPS) is 23.4. The first-order valence-corrected chi connectivity index (χ1v) is 7.18. The number of piperidine rings is 1. The van der Waals surface area contributed by atoms with E-state index in [1.807, 2.05) is 20.8 Å². The summed E-state index contributed by atoms with van der Waals surface area (Å²) in [6, 6.07) is 0. The van der Waals surface area contributed by atoms with Crippen molar-refractivity contribution >= 4 is 23.2 Å². The number of aryl methyl sites for hydroxylation is 2. The Kier molecular flexibility index (Phi) is 3.89. The number of hydrogen-bond acceptors (Lipinski definition) is 4. The largest absolute Gasteiger partial charge is 0.481 e. The predicted octanol–water partition coefficient (Wildman–Crippen LogP) is 1.94. The second-order valence-corrected chi connectivity index (χ2v) is 6.31. The molecule has 0 aromatic carbocycles. The summed E-state index contributed by atoms with van der Waals surface area (Å²) in [6.45, 7) is 6.63. The number of carboxylic acid groups (broad SMARTS) is 1. The van der Waals surface area contributed by atoms with Crippen LogP contribution in [0.4, 0.5) is 0 Å². The molecule has 2 rings (SSSR count). The van der Waals surface area contributed by atoms with Crippen molar-refractivity contribution in [3.8, 4) is 0 Å². The third-order valence-corrected chi connectivity index (χ3v) is 4.67. The molecule has 0 spiro atoms. The van der Waals surface area contributed by atoms with Crippen molar-refractivity contribution in [2.45, 2.75) is 27.2 Å². The van der Waals surface area contributed by atoms with Gasteiger partial charge in [0.1, 0.15) is 4.88 Å². The first-order chi connectivity index (χ1) is 8.90. The van der Waals surface area contributed by atoms with Crippen molar-refractivity contribution in [3.05, 3.63) is 15.6 Å². The molecule has 2 atom stereocenters. The van der Waals surface area contributed by atoms with Crippen LogP contribution in [0.15, 0.2) is 0 Å². The van der Waals surface area contributed by atoms with Crippen molar-refractivity contribution < 1.29 is 14.7 Å². The number of carbonyl (C=O) groups excluding carboxylic acids is 1. The summed E-state index contributed by atoms with van der Waals surface area (Å²) in [6.07, 6.45) is 0.527. The number of nitrogens with zero attached hydrogens (tertiary/aromatic N) is 2. The minimum absolute atomic E-state index is 0.00970. The van der Waals surface area contributed by atoms with Crippen molar-refractivity contribution in [1.82, 2.24) is 9.88 Å². The Balaban J connectivity index is 2.10. The molecule has 1 aliphatic heterocycles. The van der Waals surface area contributed by atoms with E-state index in [4.69, 9.17) is 5.11 Å². The third kappa shape index (κ3) is 2.78. The molecule has 1 saturated heterocycles. The van der Waals surface area contributed by atoms with Gasteiger partial charge in [-0.3, -0.25) is 9.59 Å². The molecule has 5 nitrogen and oxygen atoms in total. The summed E-state index contributed by atoms with van der Waals surface area (Å²) in [5.41, 5.74) is 0.764. The van der Waals surface area contributed by atoms with E-state index in [0.29, 0.717) is 24.4 Å². The number of amides is 1. The van der Waals surface area contributed by atoms with Gasteiger partial charge in [0.05, 0.1) is 16.6 Å². The summed E-state index contributed by atoms with van der Waals surface area (Å²) in [5, 5.41) is 9.97. The van der Waals surface area contributed by atoms with Crippen LogP contribution < -0.4 is 0 Å². The van der Waals surface area contributed by atoms with Crippen LogP contribution >= 0.6 is 11.3 Å². The quantitative estimate of drug-likeness (QED) is 0.900. The zero-order valence-corrected chi connectivity index (χ0v) is 12.2. The van der Waals surface area contributed by atoms with Gasteiger partial charge in [0.25, 0.3) is 5.91 Å². The Labute approximate surface area is 116 Å². The fourth-order valence-corrected chi connectivity index (χ4v) is 3.46. The summed E-state index contributed by atoms with van der Waals surface area (Å²) < 4.78 is 0. The summed E-state index contributed by atoms with van der Waals surface area (Å²) >= 11 is 1.41. The lowest BCUT2D eigenvalue weighted by molar-refractivity contribution is -0.145. The summed E-state index contributed by atoms with van der Waals surface area (Å²) in [4.78, 5) is 30.2. The molecule has 1 aromatic rings. The minimum Gasteiger partial charge on any atom is -0.481 e. The highest BCUT2D eigenvalue weighted by molar-refractivity contribution is 7.13. The van der Waals surface area contributed by atoms with Crippen LogP contribution in [-0.4, -0.2) is 40.0 Å². The minimum atomic E-state index is -0.760. The molecule has 1 aliphatic rings. The maximum absolute atomic E-state index is 12.4. The highest BCUT2D eigenvalue weighted by Crippen LogP contribution is 2.26. The van der Waals surface area contributed by atoms with Crippen molar-refractivity contribution in [1.29, 1.82) is 0 Å². The lowest BCUT2D eigenvalue weighted by atomic mass is 9.87. The van der Waals surface area contributed by atoms with Crippen molar-refractivity contribution in [3.63, 3.8) is 0 Å². The summed E-state index contributed by atoms with van der Waals surface area (Å²) in [5.74, 6) is -1.12. The average Bonchev–Trinajstić information content (AvgIpc) is 2.67. The van der Waals surface area contributed by atoms with Gasteiger partial charge in [-0.1, -0.05) is 6.92 Å². The molecule has 0 aliphatic carbocycles. The number of carbonyl (C=O) groups is 2. The van der Waals surface area contributed by atoms with Gasteiger partial charge in [-0.25, -0.2) is 4.98 Å². The van der Waals surface area contributed by atoms with E-state index in [2.05, 4.69) is 4.98 Å². The molecule has 2 heterocycles. The molecule has 1 N–H and O–H groups in total. The highest BCUT2D eigenvalue weighted by Gasteiger charge is 2.34. The lowest BCUT2D eigenvalue weighted by Crippen LogP contribution is -2.44. The molecular formula is C13H18N2O3S. The molecule has 0 radical (unpaired) electrons. The number of aliphatic carboxylic acids is 1. The van der Waals surface area contributed by atoms with Gasteiger partial charge in [0, 0.05) is 13.1 Å². The van der Waals surface area contributed by atoms with E-state index in [9.17, 15) is 9.59 Å². The van der Waals surface area contributed by atoms with Crippen molar-refractivity contribution in [2.24, 2.45) is 11.8 Å². The predicted molar refractivity (Wildman–Crippen MR) is 72.4 cm³/mol. The topological polar surface area (TPSA) is 70.5 Å². The molecule has 0 saturated carbocycles. The fraction of sp³-hybridized carbons (Fsp3) is 0.615. The van der Waals surface area contributed by atoms with E-state index in [0.717, 1.165) is 10.7 Å². The molecule has 1 amide bonds. The van der Waals surface area contributed by atoms with Crippen LogP contribution in [0, 0.1) is 25.7 Å². The Bertz CT molecular complexity index is 512. The monoisotopic (exact) mass is 282 g/mol. The van der Waals surface area contributed by atoms with Gasteiger partial charge in [0.15, 0.2) is 0 Å². The number of thiazole rings is 1. The second kappa shape index (κ2) is 5.28. The molecule has 1 aromatic heterocycles. The molecule has 6 heteroatoms. The van der Waals surface area contributed by atoms with Gasteiger partial charge in [-0.05, 0) is 26.2 Å². The van der Waals surface area contributed by atoms with E-state index in [1.54, 1.807) is 4.90 Å². The maximum atomic E-state index is 12.4. The van der Waals surface area contributed by atoms with Crippen LogP contribution in [0.3, 0.4) is 0 Å². The molecule has 19 heavy (non-hydrogen) atoms. The number of aromatic nitrogens is 1. The van der Waals surface area contributed by atoms with Crippen molar-refractivity contribution in [2.75, 3.05) is 13.1 Å². The zero-order chi connectivity index (χ0) is 14.2. The van der Waals surface area contributed by atoms with E-state index >= 15 is 0 Å². The SMILES string of the molecule is Cc1nc(C)c(C(=O)N2CCC(C(=O)O)C(C)C2)s1. The van der Waals surface area contributed by atoms with Crippen LogP contribution in [0.2, 0.25) is 0 Å². The molecular weight excluding hydrogens is 264 g/mol. The molecule has 1 fully saturated rings. The second-order valence-electron chi connectivity index (χ2n) is 5.11. The van der Waals surface area contributed by atoms with Crippen LogP contribution in [-0.2, 0) is 4.79 Å². The Hall–Kier alpha value is -1.43. The van der Waals surface area contributed by atoms with Gasteiger partial charge in [-0.15, -0.1) is 11.3 Å². The smallest absolute Gasteiger partial charge is 0.306 e. The summed E-state index contributed by atoms with van der Waals surface area (Å²) in [7, 11) is 0. The number of rotatable bonds is 2. The average molecular weight is 282 g/mol.